The van der Waals surface area contributed by atoms with Crippen molar-refractivity contribution in [3.05, 3.63) is 77.5 Å². The van der Waals surface area contributed by atoms with Crippen LogP contribution in [0.3, 0.4) is 0 Å². The fraction of sp³-hybridized carbons (Fsp3) is 0.452. The molecule has 8 heteroatoms. The topological polar surface area (TPSA) is 80.7 Å². The van der Waals surface area contributed by atoms with E-state index >= 15 is 0 Å². The summed E-state index contributed by atoms with van der Waals surface area (Å²) in [6.07, 6.45) is 3.89. The molecule has 2 aromatic carbocycles. The molecule has 1 aliphatic carbocycles. The SMILES string of the molecule is COc1cccc(-c2ccc(COc3cc([C@@H](CP(C)(=O)[O-])C4CC4)ccn3)cc2[C@@H](OC)C(C)(C)C)c1.[Na+]. The Hall–Kier alpha value is -1.66. The second kappa shape index (κ2) is 13.3. The van der Waals surface area contributed by atoms with Gasteiger partial charge in [-0.05, 0) is 95.0 Å². The largest absolute Gasteiger partial charge is 1.00 e. The minimum absolute atomic E-state index is 0. The van der Waals surface area contributed by atoms with E-state index in [2.05, 4.69) is 50.0 Å². The molecule has 0 spiro atoms. The van der Waals surface area contributed by atoms with Gasteiger partial charge in [0.1, 0.15) is 12.4 Å². The number of rotatable bonds is 11. The Morgan fingerprint density at radius 1 is 1.08 bits per heavy atom. The molecule has 6 nitrogen and oxygen atoms in total. The number of hydrogen-bond acceptors (Lipinski definition) is 6. The number of methoxy groups -OCH3 is 2. The monoisotopic (exact) mass is 559 g/mol. The van der Waals surface area contributed by atoms with Crippen LogP contribution in [-0.4, -0.2) is 32.0 Å². The first-order valence-electron chi connectivity index (χ1n) is 13.1. The van der Waals surface area contributed by atoms with E-state index in [1.165, 1.54) is 6.66 Å². The molecular formula is C31H39NNaO5P. The van der Waals surface area contributed by atoms with Gasteiger partial charge in [-0.2, -0.15) is 0 Å². The Bertz CT molecular complexity index is 1300. The van der Waals surface area contributed by atoms with Crippen molar-refractivity contribution in [3.63, 3.8) is 0 Å². The van der Waals surface area contributed by atoms with E-state index in [0.29, 0.717) is 18.4 Å². The Morgan fingerprint density at radius 2 is 1.82 bits per heavy atom. The molecule has 3 aromatic rings. The van der Waals surface area contributed by atoms with Gasteiger partial charge in [0.25, 0.3) is 0 Å². The zero-order chi connectivity index (χ0) is 27.5. The van der Waals surface area contributed by atoms with Crippen molar-refractivity contribution in [2.75, 3.05) is 27.0 Å². The normalized spacial score (nSPS) is 16.5. The molecule has 0 amide bonds. The summed E-state index contributed by atoms with van der Waals surface area (Å²) in [6, 6.07) is 18.2. The van der Waals surface area contributed by atoms with Crippen LogP contribution in [0.15, 0.2) is 60.8 Å². The minimum atomic E-state index is -3.38. The molecule has 1 fully saturated rings. The van der Waals surface area contributed by atoms with E-state index in [9.17, 15) is 9.46 Å². The third-order valence-corrected chi connectivity index (χ3v) is 8.15. The van der Waals surface area contributed by atoms with Crippen molar-refractivity contribution in [2.45, 2.75) is 52.2 Å². The van der Waals surface area contributed by atoms with Crippen molar-refractivity contribution < 1.29 is 53.2 Å². The van der Waals surface area contributed by atoms with Gasteiger partial charge in [0.15, 0.2) is 0 Å². The van der Waals surface area contributed by atoms with E-state index in [4.69, 9.17) is 14.2 Å². The molecule has 1 aromatic heterocycles. The second-order valence-electron chi connectivity index (χ2n) is 11.5. The maximum Gasteiger partial charge on any atom is 1.00 e. The summed E-state index contributed by atoms with van der Waals surface area (Å²) in [5.74, 6) is 1.72. The third kappa shape index (κ3) is 8.66. The summed E-state index contributed by atoms with van der Waals surface area (Å²) >= 11 is 0. The molecule has 0 bridgehead atoms. The number of aromatic nitrogens is 1. The first-order chi connectivity index (χ1) is 18.0. The zero-order valence-corrected chi connectivity index (χ0v) is 27.2. The predicted octanol–water partition coefficient (Wildman–Crippen LogP) is 3.84. The summed E-state index contributed by atoms with van der Waals surface area (Å²) < 4.78 is 29.7. The molecule has 0 saturated heterocycles. The van der Waals surface area contributed by atoms with Gasteiger partial charge in [-0.25, -0.2) is 4.98 Å². The molecule has 1 unspecified atom stereocenters. The predicted molar refractivity (Wildman–Crippen MR) is 150 cm³/mol. The maximum absolute atomic E-state index is 12.1. The molecule has 0 N–H and O–H groups in total. The summed E-state index contributed by atoms with van der Waals surface area (Å²) in [6.45, 7) is 8.18. The Balaban J connectivity index is 0.00000420. The van der Waals surface area contributed by atoms with Crippen LogP contribution in [0.1, 0.15) is 62.3 Å². The fourth-order valence-corrected chi connectivity index (χ4v) is 6.42. The summed E-state index contributed by atoms with van der Waals surface area (Å²) in [5.41, 5.74) is 5.08. The Kier molecular flexibility index (Phi) is 10.9. The second-order valence-corrected chi connectivity index (χ2v) is 13.9. The molecule has 0 aliphatic heterocycles. The van der Waals surface area contributed by atoms with Crippen molar-refractivity contribution in [3.8, 4) is 22.8 Å². The number of ether oxygens (including phenoxy) is 3. The van der Waals surface area contributed by atoms with Crippen LogP contribution >= 0.6 is 7.37 Å². The third-order valence-electron chi connectivity index (χ3n) is 7.09. The average Bonchev–Trinajstić information content (AvgIpc) is 3.71. The quantitative estimate of drug-likeness (QED) is 0.263. The molecule has 204 valence electrons. The van der Waals surface area contributed by atoms with Gasteiger partial charge in [0.2, 0.25) is 5.88 Å². The fourth-order valence-electron chi connectivity index (χ4n) is 5.19. The molecule has 1 heterocycles. The first-order valence-corrected chi connectivity index (χ1v) is 15.4. The van der Waals surface area contributed by atoms with Crippen LogP contribution in [0, 0.1) is 11.3 Å². The van der Waals surface area contributed by atoms with Gasteiger partial charge in [-0.1, -0.05) is 45.0 Å². The van der Waals surface area contributed by atoms with Crippen LogP contribution in [0.2, 0.25) is 0 Å². The summed E-state index contributed by atoms with van der Waals surface area (Å²) in [4.78, 5) is 16.5. The molecule has 1 aliphatic rings. The van der Waals surface area contributed by atoms with E-state index in [1.807, 2.05) is 30.3 Å². The van der Waals surface area contributed by atoms with Gasteiger partial charge in [0.05, 0.1) is 13.2 Å². The van der Waals surface area contributed by atoms with Crippen LogP contribution in [-0.2, 0) is 15.9 Å². The van der Waals surface area contributed by atoms with Crippen LogP contribution in [0.25, 0.3) is 11.1 Å². The summed E-state index contributed by atoms with van der Waals surface area (Å²) in [7, 11) is 0.0409. The van der Waals surface area contributed by atoms with Gasteiger partial charge in [-0.15, -0.1) is 0 Å². The smallest absolute Gasteiger partial charge is 0.799 e. The van der Waals surface area contributed by atoms with Crippen LogP contribution in [0.5, 0.6) is 11.6 Å². The number of benzene rings is 2. The van der Waals surface area contributed by atoms with Gasteiger partial charge >= 0.3 is 29.6 Å². The van der Waals surface area contributed by atoms with Gasteiger partial charge in [0, 0.05) is 26.7 Å². The number of hydrogen-bond donors (Lipinski definition) is 0. The van der Waals surface area contributed by atoms with E-state index in [1.54, 1.807) is 20.4 Å². The average molecular weight is 560 g/mol. The Labute approximate surface area is 255 Å². The van der Waals surface area contributed by atoms with Crippen molar-refractivity contribution in [1.82, 2.24) is 4.98 Å². The van der Waals surface area contributed by atoms with Crippen molar-refractivity contribution >= 4 is 7.37 Å². The zero-order valence-electron chi connectivity index (χ0n) is 24.3. The van der Waals surface area contributed by atoms with Crippen molar-refractivity contribution in [1.29, 1.82) is 0 Å². The standard InChI is InChI=1S/C31H40NO5P.Na/c1-31(2,3)30(36-5)27-16-21(10-13-26(27)23-8-7-9-25(17-23)35-4)19-37-29-18-24(14-15-32-29)28(22-11-12-22)20-38(6,33)34;/h7-10,13-18,22,28,30H,11-12,19-20H2,1-6H3,(H,33,34);/q;+1/p-1/t28-,30+;/m0./s1. The molecule has 1 saturated carbocycles. The van der Waals surface area contributed by atoms with Crippen LogP contribution in [0.4, 0.5) is 0 Å². The molecule has 0 radical (unpaired) electrons. The van der Waals surface area contributed by atoms with E-state index in [-0.39, 0.29) is 53.2 Å². The number of pyridine rings is 1. The van der Waals surface area contributed by atoms with Crippen molar-refractivity contribution in [2.24, 2.45) is 11.3 Å². The van der Waals surface area contributed by atoms with E-state index in [0.717, 1.165) is 46.4 Å². The summed E-state index contributed by atoms with van der Waals surface area (Å²) in [5, 5.41) is 0. The number of nitrogens with zero attached hydrogens (tertiary/aromatic N) is 1. The maximum atomic E-state index is 12.1. The molecule has 39 heavy (non-hydrogen) atoms. The van der Waals surface area contributed by atoms with E-state index < -0.39 is 7.37 Å². The Morgan fingerprint density at radius 3 is 2.44 bits per heavy atom. The molecule has 4 rings (SSSR count). The van der Waals surface area contributed by atoms with Gasteiger partial charge in [-0.3, -0.25) is 0 Å². The molecular weight excluding hydrogens is 520 g/mol. The van der Waals surface area contributed by atoms with Crippen LogP contribution < -0.4 is 43.9 Å². The van der Waals surface area contributed by atoms with Gasteiger partial charge < -0.3 is 23.7 Å². The minimum Gasteiger partial charge on any atom is -0.799 e. The first kappa shape index (κ1) is 31.9. The molecule has 3 atom stereocenters.